The minimum atomic E-state index is 0. The maximum Gasteiger partial charge on any atom is 0.0874 e. The van der Waals surface area contributed by atoms with E-state index in [1.54, 1.807) is 0 Å². The molecule has 51 valence electrons. The van der Waals surface area contributed by atoms with Gasteiger partial charge in [0.25, 0.3) is 0 Å². The first kappa shape index (κ1) is 11.4. The molecule has 0 rings (SSSR count). The van der Waals surface area contributed by atoms with Gasteiger partial charge in [-0.15, -0.1) is 24.0 Å². The number of alkyl halides is 1. The number of halogens is 2. The second kappa shape index (κ2) is 5.67. The molecule has 0 fully saturated rings. The summed E-state index contributed by atoms with van der Waals surface area (Å²) < 4.78 is 0. The Bertz CT molecular complexity index is 47.7. The van der Waals surface area contributed by atoms with E-state index in [9.17, 15) is 0 Å². The summed E-state index contributed by atoms with van der Waals surface area (Å²) in [6.45, 7) is 1.94. The molecule has 1 unspecified atom stereocenters. The van der Waals surface area contributed by atoms with Crippen LogP contribution in [0.2, 0.25) is 0 Å². The SMILES string of the molecule is C[CH]C(Cl)N(C)C.Cl. The third-order valence-electron chi connectivity index (χ3n) is 0.768. The van der Waals surface area contributed by atoms with E-state index in [2.05, 4.69) is 0 Å². The monoisotopic (exact) mass is 156 g/mol. The molecule has 1 atom stereocenters. The quantitative estimate of drug-likeness (QED) is 0.436. The third kappa shape index (κ3) is 4.69. The summed E-state index contributed by atoms with van der Waals surface area (Å²) in [6.07, 6.45) is 1.93. The molecule has 0 aliphatic heterocycles. The minimum Gasteiger partial charge on any atom is -0.293 e. The van der Waals surface area contributed by atoms with E-state index in [0.29, 0.717) is 0 Å². The average molecular weight is 157 g/mol. The summed E-state index contributed by atoms with van der Waals surface area (Å²) in [5, 5.41) is 0. The van der Waals surface area contributed by atoms with Crippen LogP contribution in [0.1, 0.15) is 6.92 Å². The lowest BCUT2D eigenvalue weighted by atomic mass is 10.4. The van der Waals surface area contributed by atoms with Gasteiger partial charge in [0.2, 0.25) is 0 Å². The Morgan fingerprint density at radius 1 is 1.50 bits per heavy atom. The third-order valence-corrected chi connectivity index (χ3v) is 1.41. The summed E-state index contributed by atoms with van der Waals surface area (Å²) in [5.41, 5.74) is 0.0833. The Morgan fingerprint density at radius 2 is 1.88 bits per heavy atom. The number of rotatable bonds is 2. The standard InChI is InChI=1S/C5H11ClN.ClH/c1-4-5(6)7(2)3;/h4-5H,1-3H3;1H. The summed E-state index contributed by atoms with van der Waals surface area (Å²) in [6, 6.07) is 0. The molecular formula is C5H12Cl2N. The molecule has 8 heavy (non-hydrogen) atoms. The zero-order valence-electron chi connectivity index (χ0n) is 5.39. The molecule has 0 N–H and O–H groups in total. The van der Waals surface area contributed by atoms with Crippen LogP contribution in [0.4, 0.5) is 0 Å². The van der Waals surface area contributed by atoms with Gasteiger partial charge in [-0.3, -0.25) is 4.90 Å². The molecule has 0 saturated heterocycles. The Balaban J connectivity index is 0. The highest BCUT2D eigenvalue weighted by Gasteiger charge is 2.00. The van der Waals surface area contributed by atoms with Crippen LogP contribution in [0.25, 0.3) is 0 Å². The van der Waals surface area contributed by atoms with Gasteiger partial charge in [0, 0.05) is 0 Å². The maximum atomic E-state index is 5.67. The van der Waals surface area contributed by atoms with Gasteiger partial charge in [-0.25, -0.2) is 0 Å². The lowest BCUT2D eigenvalue weighted by Gasteiger charge is -2.13. The van der Waals surface area contributed by atoms with Gasteiger partial charge in [-0.1, -0.05) is 6.92 Å². The smallest absolute Gasteiger partial charge is 0.0874 e. The Hall–Kier alpha value is 0.540. The van der Waals surface area contributed by atoms with E-state index in [0.717, 1.165) is 0 Å². The van der Waals surface area contributed by atoms with E-state index < -0.39 is 0 Å². The van der Waals surface area contributed by atoms with Crippen molar-refractivity contribution in [1.29, 1.82) is 0 Å². The summed E-state index contributed by atoms with van der Waals surface area (Å²) in [4.78, 5) is 1.93. The van der Waals surface area contributed by atoms with E-state index in [4.69, 9.17) is 11.6 Å². The Kier molecular flexibility index (Phi) is 8.05. The lowest BCUT2D eigenvalue weighted by molar-refractivity contribution is 0.406. The molecule has 1 radical (unpaired) electrons. The highest BCUT2D eigenvalue weighted by Crippen LogP contribution is 2.00. The molecule has 0 amide bonds. The zero-order chi connectivity index (χ0) is 5.86. The topological polar surface area (TPSA) is 3.24 Å². The first-order chi connectivity index (χ1) is 3.18. The van der Waals surface area contributed by atoms with Gasteiger partial charge in [-0.05, 0) is 20.5 Å². The molecule has 0 heterocycles. The van der Waals surface area contributed by atoms with Crippen LogP contribution in [-0.4, -0.2) is 24.5 Å². The Morgan fingerprint density at radius 3 is 1.88 bits per heavy atom. The van der Waals surface area contributed by atoms with Crippen molar-refractivity contribution in [3.05, 3.63) is 6.42 Å². The molecule has 0 aromatic carbocycles. The normalized spacial score (nSPS) is 13.1. The summed E-state index contributed by atoms with van der Waals surface area (Å²) >= 11 is 5.67. The predicted molar refractivity (Wildman–Crippen MR) is 40.6 cm³/mol. The first-order valence-electron chi connectivity index (χ1n) is 2.28. The number of nitrogens with zero attached hydrogens (tertiary/aromatic N) is 1. The van der Waals surface area contributed by atoms with Crippen molar-refractivity contribution < 1.29 is 0 Å². The van der Waals surface area contributed by atoms with Crippen LogP contribution in [0.15, 0.2) is 0 Å². The van der Waals surface area contributed by atoms with Gasteiger partial charge in [0.15, 0.2) is 0 Å². The fraction of sp³-hybridized carbons (Fsp3) is 0.800. The van der Waals surface area contributed by atoms with Gasteiger partial charge in [-0.2, -0.15) is 0 Å². The van der Waals surface area contributed by atoms with E-state index in [1.807, 2.05) is 32.3 Å². The molecule has 0 saturated carbocycles. The van der Waals surface area contributed by atoms with Crippen LogP contribution >= 0.6 is 24.0 Å². The molecule has 1 nitrogen and oxygen atoms in total. The van der Waals surface area contributed by atoms with Crippen LogP contribution in [-0.2, 0) is 0 Å². The fourth-order valence-corrected chi connectivity index (χ4v) is 0.298. The average Bonchev–Trinajstić information content (AvgIpc) is 1.65. The van der Waals surface area contributed by atoms with Crippen LogP contribution < -0.4 is 0 Å². The van der Waals surface area contributed by atoms with Gasteiger partial charge < -0.3 is 0 Å². The van der Waals surface area contributed by atoms with E-state index in [-0.39, 0.29) is 17.9 Å². The first-order valence-corrected chi connectivity index (χ1v) is 2.72. The molecular weight excluding hydrogens is 145 g/mol. The van der Waals surface area contributed by atoms with Gasteiger partial charge in [0.05, 0.1) is 5.50 Å². The Labute approximate surface area is 62.4 Å². The van der Waals surface area contributed by atoms with Crippen molar-refractivity contribution >= 4 is 24.0 Å². The second-order valence-corrected chi connectivity index (χ2v) is 2.12. The summed E-state index contributed by atoms with van der Waals surface area (Å²) in [7, 11) is 3.88. The molecule has 3 heteroatoms. The maximum absolute atomic E-state index is 5.67. The van der Waals surface area contributed by atoms with Crippen molar-refractivity contribution in [1.82, 2.24) is 4.90 Å². The van der Waals surface area contributed by atoms with E-state index in [1.165, 1.54) is 0 Å². The van der Waals surface area contributed by atoms with Crippen LogP contribution in [0, 0.1) is 6.42 Å². The zero-order valence-corrected chi connectivity index (χ0v) is 6.96. The number of hydrogen-bond donors (Lipinski definition) is 0. The molecule has 0 aliphatic carbocycles. The highest BCUT2D eigenvalue weighted by atomic mass is 35.5. The molecule has 0 aromatic rings. The van der Waals surface area contributed by atoms with Gasteiger partial charge in [0.1, 0.15) is 0 Å². The second-order valence-electron chi connectivity index (χ2n) is 1.67. The van der Waals surface area contributed by atoms with Crippen LogP contribution in [0.5, 0.6) is 0 Å². The fourth-order valence-electron chi connectivity index (χ4n) is 0.298. The minimum absolute atomic E-state index is 0. The van der Waals surface area contributed by atoms with Crippen molar-refractivity contribution in [3.8, 4) is 0 Å². The molecule has 0 bridgehead atoms. The number of hydrogen-bond acceptors (Lipinski definition) is 1. The summed E-state index contributed by atoms with van der Waals surface area (Å²) in [5.74, 6) is 0. The van der Waals surface area contributed by atoms with Gasteiger partial charge >= 0.3 is 0 Å². The van der Waals surface area contributed by atoms with Crippen molar-refractivity contribution in [2.45, 2.75) is 12.4 Å². The van der Waals surface area contributed by atoms with Crippen molar-refractivity contribution in [2.24, 2.45) is 0 Å². The molecule has 0 spiro atoms. The van der Waals surface area contributed by atoms with Crippen molar-refractivity contribution in [2.75, 3.05) is 14.1 Å². The molecule has 0 aliphatic rings. The highest BCUT2D eigenvalue weighted by molar-refractivity contribution is 6.21. The molecule has 0 aromatic heterocycles. The lowest BCUT2D eigenvalue weighted by Crippen LogP contribution is -2.21. The predicted octanol–water partition coefficient (Wildman–Crippen LogP) is 1.76. The van der Waals surface area contributed by atoms with Crippen LogP contribution in [0.3, 0.4) is 0 Å². The van der Waals surface area contributed by atoms with Crippen molar-refractivity contribution in [3.63, 3.8) is 0 Å². The largest absolute Gasteiger partial charge is 0.293 e. The van der Waals surface area contributed by atoms with E-state index >= 15 is 0 Å².